The van der Waals surface area contributed by atoms with Gasteiger partial charge in [0, 0.05) is 0 Å². The number of carbonyl (C=O) groups excluding carboxylic acids is 1. The molecule has 1 aliphatic heterocycles. The summed E-state index contributed by atoms with van der Waals surface area (Å²) in [5.74, 6) is 0.146. The van der Waals surface area contributed by atoms with E-state index in [1.54, 1.807) is 22.9 Å². The van der Waals surface area contributed by atoms with E-state index in [-0.39, 0.29) is 11.2 Å². The van der Waals surface area contributed by atoms with Crippen molar-refractivity contribution in [3.63, 3.8) is 0 Å². The zero-order chi connectivity index (χ0) is 20.8. The van der Waals surface area contributed by atoms with Crippen LogP contribution in [-0.4, -0.2) is 27.4 Å². The number of benzene rings is 2. The normalized spacial score (nSPS) is 18.3. The fourth-order valence-corrected chi connectivity index (χ4v) is 4.52. The van der Waals surface area contributed by atoms with Gasteiger partial charge < -0.3 is 0 Å². The highest BCUT2D eigenvalue weighted by Gasteiger charge is 2.37. The second-order valence-electron chi connectivity index (χ2n) is 7.59. The Kier molecular flexibility index (Phi) is 7.26. The molecule has 0 bridgehead atoms. The highest BCUT2D eigenvalue weighted by Crippen LogP contribution is 2.32. The summed E-state index contributed by atoms with van der Waals surface area (Å²) in [6.07, 6.45) is 4.78. The van der Waals surface area contributed by atoms with Gasteiger partial charge in [-0.05, 0) is 49.4 Å². The number of aryl methyl sites for hydroxylation is 3. The second-order valence-corrected chi connectivity index (χ2v) is 8.76. The number of amidine groups is 1. The maximum Gasteiger partial charge on any atom is 0.242 e. The minimum Gasteiger partial charge on any atom is -0.284 e. The number of thioether (sulfide) groups is 1. The van der Waals surface area contributed by atoms with Crippen molar-refractivity contribution in [3.8, 4) is 0 Å². The first-order valence-electron chi connectivity index (χ1n) is 10.2. The SMILES string of the molecule is CCCCC1SC(=NN=Cc2ccc(C)cc2C)N(Cc2ccccc2C)C1=O. The third kappa shape index (κ3) is 5.36. The summed E-state index contributed by atoms with van der Waals surface area (Å²) in [5.41, 5.74) is 5.76. The highest BCUT2D eigenvalue weighted by atomic mass is 32.2. The zero-order valence-electron chi connectivity index (χ0n) is 17.7. The second kappa shape index (κ2) is 9.88. The standard InChI is InChI=1S/C24H29N3OS/c1-5-6-11-22-23(28)27(16-21-10-8-7-9-18(21)3)24(29-22)26-25-15-20-13-12-17(2)14-19(20)4/h7-10,12-15,22H,5-6,11,16H2,1-4H3. The van der Waals surface area contributed by atoms with Gasteiger partial charge in [0.2, 0.25) is 5.91 Å². The predicted molar refractivity (Wildman–Crippen MR) is 124 cm³/mol. The number of rotatable bonds is 7. The summed E-state index contributed by atoms with van der Waals surface area (Å²) in [6, 6.07) is 14.4. The Morgan fingerprint density at radius 3 is 2.62 bits per heavy atom. The van der Waals surface area contributed by atoms with Gasteiger partial charge in [-0.15, -0.1) is 5.10 Å². The Balaban J connectivity index is 1.84. The summed E-state index contributed by atoms with van der Waals surface area (Å²) in [7, 11) is 0. The van der Waals surface area contributed by atoms with Crippen molar-refractivity contribution in [2.24, 2.45) is 10.2 Å². The minimum absolute atomic E-state index is 0.0611. The summed E-state index contributed by atoms with van der Waals surface area (Å²) in [5, 5.41) is 9.41. The lowest BCUT2D eigenvalue weighted by molar-refractivity contribution is -0.126. The molecule has 0 spiro atoms. The van der Waals surface area contributed by atoms with Gasteiger partial charge in [-0.25, -0.2) is 0 Å². The number of amides is 1. The maximum atomic E-state index is 13.0. The molecule has 29 heavy (non-hydrogen) atoms. The van der Waals surface area contributed by atoms with Gasteiger partial charge in [-0.2, -0.15) is 5.10 Å². The van der Waals surface area contributed by atoms with Crippen molar-refractivity contribution < 1.29 is 4.79 Å². The van der Waals surface area contributed by atoms with Gasteiger partial charge in [0.05, 0.1) is 18.0 Å². The van der Waals surface area contributed by atoms with Crippen molar-refractivity contribution in [2.45, 2.75) is 58.8 Å². The number of hydrogen-bond donors (Lipinski definition) is 0. The van der Waals surface area contributed by atoms with Crippen LogP contribution in [0.25, 0.3) is 0 Å². The van der Waals surface area contributed by atoms with Crippen LogP contribution >= 0.6 is 11.8 Å². The molecule has 2 aromatic rings. The number of unbranched alkanes of at least 4 members (excludes halogenated alkanes) is 1. The summed E-state index contributed by atoms with van der Waals surface area (Å²) >= 11 is 1.55. The quantitative estimate of drug-likeness (QED) is 0.441. The van der Waals surface area contributed by atoms with Crippen LogP contribution in [0.2, 0.25) is 0 Å². The molecule has 0 N–H and O–H groups in total. The molecule has 4 nitrogen and oxygen atoms in total. The molecular weight excluding hydrogens is 378 g/mol. The van der Waals surface area contributed by atoms with Crippen molar-refractivity contribution in [1.82, 2.24) is 4.90 Å². The van der Waals surface area contributed by atoms with E-state index in [1.165, 1.54) is 16.7 Å². The number of carbonyl (C=O) groups is 1. The zero-order valence-corrected chi connectivity index (χ0v) is 18.5. The van der Waals surface area contributed by atoms with Crippen molar-refractivity contribution in [2.75, 3.05) is 0 Å². The van der Waals surface area contributed by atoms with Crippen LogP contribution in [0.15, 0.2) is 52.7 Å². The van der Waals surface area contributed by atoms with E-state index in [0.29, 0.717) is 11.7 Å². The minimum atomic E-state index is -0.0611. The predicted octanol–water partition coefficient (Wildman–Crippen LogP) is 5.64. The van der Waals surface area contributed by atoms with Gasteiger partial charge in [0.25, 0.3) is 0 Å². The molecule has 2 aromatic carbocycles. The van der Waals surface area contributed by atoms with E-state index in [1.807, 2.05) is 12.1 Å². The summed E-state index contributed by atoms with van der Waals surface area (Å²) in [6.45, 7) is 8.92. The molecule has 0 saturated carbocycles. The molecular formula is C24H29N3OS. The van der Waals surface area contributed by atoms with Crippen LogP contribution in [-0.2, 0) is 11.3 Å². The van der Waals surface area contributed by atoms with Gasteiger partial charge in [-0.3, -0.25) is 9.69 Å². The van der Waals surface area contributed by atoms with E-state index in [2.05, 4.69) is 68.2 Å². The molecule has 1 saturated heterocycles. The molecule has 5 heteroatoms. The Bertz CT molecular complexity index is 935. The maximum absolute atomic E-state index is 13.0. The molecule has 152 valence electrons. The summed E-state index contributed by atoms with van der Waals surface area (Å²) in [4.78, 5) is 14.8. The molecule has 1 atom stereocenters. The van der Waals surface area contributed by atoms with Gasteiger partial charge >= 0.3 is 0 Å². The monoisotopic (exact) mass is 407 g/mol. The average molecular weight is 408 g/mol. The van der Waals surface area contributed by atoms with E-state index in [4.69, 9.17) is 0 Å². The van der Waals surface area contributed by atoms with Gasteiger partial charge in [0.15, 0.2) is 5.17 Å². The molecule has 1 heterocycles. The fourth-order valence-electron chi connectivity index (χ4n) is 3.37. The first-order chi connectivity index (χ1) is 14.0. The lowest BCUT2D eigenvalue weighted by atomic mass is 10.1. The lowest BCUT2D eigenvalue weighted by Crippen LogP contribution is -2.31. The number of nitrogens with zero attached hydrogens (tertiary/aromatic N) is 3. The van der Waals surface area contributed by atoms with E-state index in [9.17, 15) is 4.79 Å². The Morgan fingerprint density at radius 1 is 1.10 bits per heavy atom. The van der Waals surface area contributed by atoms with Crippen LogP contribution in [0.1, 0.15) is 54.0 Å². The highest BCUT2D eigenvalue weighted by molar-refractivity contribution is 8.15. The number of hydrogen-bond acceptors (Lipinski definition) is 4. The van der Waals surface area contributed by atoms with Crippen LogP contribution in [0, 0.1) is 20.8 Å². The lowest BCUT2D eigenvalue weighted by Gasteiger charge is -2.17. The molecule has 1 unspecified atom stereocenters. The molecule has 1 amide bonds. The topological polar surface area (TPSA) is 45.0 Å². The first kappa shape index (κ1) is 21.3. The van der Waals surface area contributed by atoms with Crippen molar-refractivity contribution in [1.29, 1.82) is 0 Å². The first-order valence-corrected chi connectivity index (χ1v) is 11.1. The third-order valence-corrected chi connectivity index (χ3v) is 6.43. The van der Waals surface area contributed by atoms with Crippen LogP contribution in [0.5, 0.6) is 0 Å². The smallest absolute Gasteiger partial charge is 0.242 e. The molecule has 3 rings (SSSR count). The summed E-state index contributed by atoms with van der Waals surface area (Å²) < 4.78 is 0. The van der Waals surface area contributed by atoms with Crippen molar-refractivity contribution in [3.05, 3.63) is 70.3 Å². The molecule has 0 aliphatic carbocycles. The average Bonchev–Trinajstić information content (AvgIpc) is 2.99. The van der Waals surface area contributed by atoms with Crippen LogP contribution in [0.3, 0.4) is 0 Å². The largest absolute Gasteiger partial charge is 0.284 e. The van der Waals surface area contributed by atoms with E-state index < -0.39 is 0 Å². The van der Waals surface area contributed by atoms with Crippen LogP contribution < -0.4 is 0 Å². The molecule has 1 fully saturated rings. The Hall–Kier alpha value is -2.40. The molecule has 1 aliphatic rings. The molecule has 0 aromatic heterocycles. The van der Waals surface area contributed by atoms with Gasteiger partial charge in [-0.1, -0.05) is 79.6 Å². The fraction of sp³-hybridized carbons (Fsp3) is 0.375. The Morgan fingerprint density at radius 2 is 1.90 bits per heavy atom. The third-order valence-electron chi connectivity index (χ3n) is 5.20. The Labute approximate surface area is 178 Å². The molecule has 0 radical (unpaired) electrons. The van der Waals surface area contributed by atoms with E-state index in [0.717, 1.165) is 30.4 Å². The van der Waals surface area contributed by atoms with Gasteiger partial charge in [0.1, 0.15) is 0 Å². The van der Waals surface area contributed by atoms with Crippen LogP contribution in [0.4, 0.5) is 0 Å². The van der Waals surface area contributed by atoms with Crippen molar-refractivity contribution >= 4 is 29.1 Å². The van der Waals surface area contributed by atoms with E-state index >= 15 is 0 Å².